The van der Waals surface area contributed by atoms with Gasteiger partial charge in [0.1, 0.15) is 11.3 Å². The summed E-state index contributed by atoms with van der Waals surface area (Å²) in [4.78, 5) is 13.0. The minimum absolute atomic E-state index is 0.150. The van der Waals surface area contributed by atoms with E-state index in [-0.39, 0.29) is 11.7 Å². The van der Waals surface area contributed by atoms with Crippen LogP contribution >= 0.6 is 34.9 Å². The number of halogens is 1. The molecule has 2 aromatic carbocycles. The number of carbonyl (C=O) groups is 1. The lowest BCUT2D eigenvalue weighted by Gasteiger charge is -2.13. The summed E-state index contributed by atoms with van der Waals surface area (Å²) in [5, 5.41) is 20.1. The molecule has 2 atom stereocenters. The number of thiophene rings is 1. The van der Waals surface area contributed by atoms with Gasteiger partial charge in [0, 0.05) is 15.8 Å². The molecule has 4 rings (SSSR count). The SMILES string of the molecule is O=C(O)C1(NSc2ccc(-c3ccc(Cl)cc3)s2)CC1c1cccc(O)c1. The molecule has 7 heteroatoms. The van der Waals surface area contributed by atoms with Gasteiger partial charge >= 0.3 is 5.97 Å². The van der Waals surface area contributed by atoms with Gasteiger partial charge < -0.3 is 10.2 Å². The van der Waals surface area contributed by atoms with Crippen LogP contribution < -0.4 is 4.72 Å². The van der Waals surface area contributed by atoms with E-state index in [1.54, 1.807) is 29.5 Å². The Hall–Kier alpha value is -1.99. The highest BCUT2D eigenvalue weighted by atomic mass is 35.5. The lowest BCUT2D eigenvalue weighted by Crippen LogP contribution is -2.36. The molecule has 0 amide bonds. The molecule has 1 heterocycles. The van der Waals surface area contributed by atoms with Crippen LogP contribution in [0.3, 0.4) is 0 Å². The number of nitrogens with one attached hydrogen (secondary N) is 1. The van der Waals surface area contributed by atoms with Crippen LogP contribution in [0.15, 0.2) is 64.9 Å². The Labute approximate surface area is 170 Å². The van der Waals surface area contributed by atoms with Crippen molar-refractivity contribution in [3.8, 4) is 16.2 Å². The average Bonchev–Trinajstić information content (AvgIpc) is 3.22. The van der Waals surface area contributed by atoms with Crippen LogP contribution in [-0.2, 0) is 4.79 Å². The molecule has 0 spiro atoms. The minimum atomic E-state index is -1.01. The van der Waals surface area contributed by atoms with Crippen molar-refractivity contribution in [2.75, 3.05) is 0 Å². The first-order valence-electron chi connectivity index (χ1n) is 8.30. The number of rotatable bonds is 6. The van der Waals surface area contributed by atoms with Crippen molar-refractivity contribution in [1.82, 2.24) is 4.72 Å². The molecule has 1 saturated carbocycles. The molecule has 0 bridgehead atoms. The van der Waals surface area contributed by atoms with Crippen LogP contribution in [0, 0.1) is 0 Å². The molecular weight excluding hydrogens is 402 g/mol. The molecule has 27 heavy (non-hydrogen) atoms. The van der Waals surface area contributed by atoms with Crippen molar-refractivity contribution >= 4 is 40.9 Å². The van der Waals surface area contributed by atoms with Crippen molar-refractivity contribution in [2.24, 2.45) is 0 Å². The number of aromatic hydroxyl groups is 1. The number of phenols is 1. The van der Waals surface area contributed by atoms with E-state index >= 15 is 0 Å². The van der Waals surface area contributed by atoms with Crippen LogP contribution in [-0.4, -0.2) is 21.7 Å². The van der Waals surface area contributed by atoms with E-state index in [2.05, 4.69) is 4.72 Å². The van der Waals surface area contributed by atoms with Crippen molar-refractivity contribution in [3.63, 3.8) is 0 Å². The van der Waals surface area contributed by atoms with Gasteiger partial charge in [0.05, 0.1) is 4.21 Å². The molecule has 0 radical (unpaired) electrons. The maximum Gasteiger partial charge on any atom is 0.325 e. The Balaban J connectivity index is 1.47. The lowest BCUT2D eigenvalue weighted by molar-refractivity contribution is -0.140. The molecule has 3 aromatic rings. The highest BCUT2D eigenvalue weighted by Gasteiger charge is 2.61. The van der Waals surface area contributed by atoms with E-state index in [0.717, 1.165) is 20.2 Å². The zero-order valence-corrected chi connectivity index (χ0v) is 16.4. The van der Waals surface area contributed by atoms with Gasteiger partial charge in [-0.3, -0.25) is 4.79 Å². The first kappa shape index (κ1) is 18.4. The van der Waals surface area contributed by atoms with Gasteiger partial charge in [0.15, 0.2) is 0 Å². The van der Waals surface area contributed by atoms with Crippen LogP contribution in [0.2, 0.25) is 5.02 Å². The van der Waals surface area contributed by atoms with Gasteiger partial charge in [0.2, 0.25) is 0 Å². The number of phenolic OH excluding ortho intramolecular Hbond substituents is 1. The zero-order valence-electron chi connectivity index (χ0n) is 14.1. The van der Waals surface area contributed by atoms with Crippen LogP contribution in [0.1, 0.15) is 17.9 Å². The Morgan fingerprint density at radius 3 is 2.67 bits per heavy atom. The van der Waals surface area contributed by atoms with E-state index in [1.165, 1.54) is 11.9 Å². The summed E-state index contributed by atoms with van der Waals surface area (Å²) in [5.41, 5.74) is 0.898. The summed E-state index contributed by atoms with van der Waals surface area (Å²) in [6, 6.07) is 18.4. The molecule has 138 valence electrons. The molecule has 1 fully saturated rings. The van der Waals surface area contributed by atoms with Crippen LogP contribution in [0.4, 0.5) is 0 Å². The number of carboxylic acids is 1. The second-order valence-corrected chi connectivity index (χ2v) is 9.08. The fraction of sp³-hybridized carbons (Fsp3) is 0.150. The highest BCUT2D eigenvalue weighted by Crippen LogP contribution is 2.53. The van der Waals surface area contributed by atoms with Crippen molar-refractivity contribution < 1.29 is 15.0 Å². The maximum absolute atomic E-state index is 11.9. The van der Waals surface area contributed by atoms with Crippen molar-refractivity contribution in [3.05, 3.63) is 71.2 Å². The van der Waals surface area contributed by atoms with E-state index in [1.807, 2.05) is 42.5 Å². The summed E-state index contributed by atoms with van der Waals surface area (Å²) in [5.74, 6) is -0.889. The summed E-state index contributed by atoms with van der Waals surface area (Å²) >= 11 is 8.87. The predicted molar refractivity (Wildman–Crippen MR) is 110 cm³/mol. The quantitative estimate of drug-likeness (QED) is 0.469. The van der Waals surface area contributed by atoms with Gasteiger partial charge in [-0.25, -0.2) is 4.72 Å². The summed E-state index contributed by atoms with van der Waals surface area (Å²) in [7, 11) is 0. The van der Waals surface area contributed by atoms with Crippen LogP contribution in [0.25, 0.3) is 10.4 Å². The number of carboxylic acid groups (broad SMARTS) is 1. The molecule has 1 aliphatic rings. The molecule has 4 nitrogen and oxygen atoms in total. The minimum Gasteiger partial charge on any atom is -0.508 e. The van der Waals surface area contributed by atoms with Gasteiger partial charge in [-0.2, -0.15) is 0 Å². The number of aliphatic carboxylic acids is 1. The molecule has 1 aromatic heterocycles. The van der Waals surface area contributed by atoms with E-state index < -0.39 is 11.5 Å². The third kappa shape index (κ3) is 3.71. The number of benzene rings is 2. The Morgan fingerprint density at radius 2 is 1.96 bits per heavy atom. The fourth-order valence-electron chi connectivity index (χ4n) is 3.09. The van der Waals surface area contributed by atoms with Gasteiger partial charge in [-0.1, -0.05) is 35.9 Å². The lowest BCUT2D eigenvalue weighted by atomic mass is 10.1. The summed E-state index contributed by atoms with van der Waals surface area (Å²) in [6.45, 7) is 0. The van der Waals surface area contributed by atoms with Crippen molar-refractivity contribution in [2.45, 2.75) is 22.1 Å². The third-order valence-electron chi connectivity index (χ3n) is 4.66. The molecule has 1 aliphatic carbocycles. The standard InChI is InChI=1S/C20H16ClNO3S2/c21-14-6-4-12(5-7-14)17-8-9-18(26-17)27-22-20(19(24)25)11-16(20)13-2-1-3-15(23)10-13/h1-10,16,22-23H,11H2,(H,24,25). The first-order chi connectivity index (χ1) is 13.0. The Morgan fingerprint density at radius 1 is 1.19 bits per heavy atom. The second-order valence-electron chi connectivity index (χ2n) is 6.46. The van der Waals surface area contributed by atoms with E-state index in [0.29, 0.717) is 11.4 Å². The molecule has 0 saturated heterocycles. The number of hydrogen-bond donors (Lipinski definition) is 3. The Bertz CT molecular complexity index is 989. The largest absolute Gasteiger partial charge is 0.508 e. The fourth-order valence-corrected chi connectivity index (χ4v) is 5.25. The predicted octanol–water partition coefficient (Wildman–Crippen LogP) is 5.38. The molecule has 2 unspecified atom stereocenters. The smallest absolute Gasteiger partial charge is 0.325 e. The maximum atomic E-state index is 11.9. The summed E-state index contributed by atoms with van der Waals surface area (Å²) in [6.07, 6.45) is 0.494. The molecular formula is C20H16ClNO3S2. The molecule has 0 aliphatic heterocycles. The molecule has 3 N–H and O–H groups in total. The van der Waals surface area contributed by atoms with Gasteiger partial charge in [-0.15, -0.1) is 11.3 Å². The summed E-state index contributed by atoms with van der Waals surface area (Å²) < 4.78 is 4.14. The van der Waals surface area contributed by atoms with Gasteiger partial charge in [-0.05, 0) is 65.9 Å². The first-order valence-corrected chi connectivity index (χ1v) is 10.3. The topological polar surface area (TPSA) is 69.6 Å². The Kier molecular flexibility index (Phi) is 4.90. The van der Waals surface area contributed by atoms with Crippen molar-refractivity contribution in [1.29, 1.82) is 0 Å². The van der Waals surface area contributed by atoms with Crippen LogP contribution in [0.5, 0.6) is 5.75 Å². The monoisotopic (exact) mass is 417 g/mol. The highest BCUT2D eigenvalue weighted by molar-refractivity contribution is 7.99. The van der Waals surface area contributed by atoms with E-state index in [9.17, 15) is 15.0 Å². The second kappa shape index (κ2) is 7.20. The average molecular weight is 418 g/mol. The third-order valence-corrected chi connectivity index (χ3v) is 7.14. The zero-order chi connectivity index (χ0) is 19.0. The normalized spacial score (nSPS) is 21.1. The van der Waals surface area contributed by atoms with E-state index in [4.69, 9.17) is 11.6 Å². The number of hydrogen-bond acceptors (Lipinski definition) is 5. The van der Waals surface area contributed by atoms with Gasteiger partial charge in [0.25, 0.3) is 0 Å².